The van der Waals surface area contributed by atoms with Crippen molar-refractivity contribution in [1.82, 2.24) is 9.80 Å². The molecule has 184 valence electrons. The molecule has 0 aromatic heterocycles. The van der Waals surface area contributed by atoms with Gasteiger partial charge in [0, 0.05) is 19.5 Å². The van der Waals surface area contributed by atoms with E-state index >= 15 is 0 Å². The highest BCUT2D eigenvalue weighted by molar-refractivity contribution is 5.88. The molecule has 0 aliphatic carbocycles. The van der Waals surface area contributed by atoms with Crippen molar-refractivity contribution in [2.24, 2.45) is 0 Å². The molecule has 8 heteroatoms. The van der Waals surface area contributed by atoms with Crippen molar-refractivity contribution >= 4 is 18.0 Å². The third kappa shape index (κ3) is 7.79. The Hall–Kier alpha value is -3.55. The number of nitrogens with zero attached hydrogens (tertiary/aromatic N) is 2. The van der Waals surface area contributed by atoms with E-state index in [2.05, 4.69) is 0 Å². The summed E-state index contributed by atoms with van der Waals surface area (Å²) in [7, 11) is 1.53. The molecule has 2 aromatic rings. The van der Waals surface area contributed by atoms with Gasteiger partial charge >= 0.3 is 12.1 Å². The number of likely N-dealkylation sites (N-methyl/N-ethyl adjacent to an activating group) is 1. The molecule has 2 rings (SSSR count). The molecule has 0 spiro atoms. The Kier molecular flexibility index (Phi) is 9.47. The fourth-order valence-electron chi connectivity index (χ4n) is 3.60. The van der Waals surface area contributed by atoms with Gasteiger partial charge in [-0.15, -0.1) is 0 Å². The number of para-hydroxylation sites is 1. The van der Waals surface area contributed by atoms with Crippen LogP contribution in [0.15, 0.2) is 54.6 Å². The van der Waals surface area contributed by atoms with Crippen LogP contribution in [0.5, 0.6) is 5.75 Å². The van der Waals surface area contributed by atoms with Crippen LogP contribution in [0.3, 0.4) is 0 Å². The summed E-state index contributed by atoms with van der Waals surface area (Å²) in [5.74, 6) is -1.04. The summed E-state index contributed by atoms with van der Waals surface area (Å²) < 4.78 is 11.0. The summed E-state index contributed by atoms with van der Waals surface area (Å²) in [6, 6.07) is 15.4. The summed E-state index contributed by atoms with van der Waals surface area (Å²) in [6.07, 6.45) is -0.501. The number of carboxylic acids is 1. The molecule has 0 saturated carbocycles. The van der Waals surface area contributed by atoms with Crippen LogP contribution in [0.2, 0.25) is 0 Å². The van der Waals surface area contributed by atoms with Gasteiger partial charge in [-0.3, -0.25) is 14.5 Å². The van der Waals surface area contributed by atoms with Crippen LogP contribution in [0, 0.1) is 0 Å². The number of rotatable bonds is 10. The first kappa shape index (κ1) is 26.7. The summed E-state index contributed by atoms with van der Waals surface area (Å²) >= 11 is 0. The third-order valence-corrected chi connectivity index (χ3v) is 5.09. The number of carbonyl (C=O) groups excluding carboxylic acids is 2. The number of ether oxygens (including phenoxy) is 2. The zero-order valence-corrected chi connectivity index (χ0v) is 20.5. The molecule has 0 unspecified atom stereocenters. The number of aliphatic carboxylic acids is 1. The number of carbonyl (C=O) groups is 3. The van der Waals surface area contributed by atoms with E-state index in [9.17, 15) is 19.5 Å². The SMILES string of the molecule is CCN(C(=O)OC(C)(C)C)[C@@H](Cc1ccccc1OC)C(=O)N(CC(=O)O)Cc1ccccc1. The minimum absolute atomic E-state index is 0.0975. The highest BCUT2D eigenvalue weighted by Gasteiger charge is 2.36. The van der Waals surface area contributed by atoms with E-state index in [1.807, 2.05) is 48.5 Å². The molecule has 0 saturated heterocycles. The maximum Gasteiger partial charge on any atom is 0.410 e. The van der Waals surface area contributed by atoms with Gasteiger partial charge in [0.25, 0.3) is 0 Å². The molecule has 0 aliphatic heterocycles. The van der Waals surface area contributed by atoms with Crippen molar-refractivity contribution < 1.29 is 29.0 Å². The number of amides is 2. The first-order chi connectivity index (χ1) is 16.1. The Labute approximate surface area is 201 Å². The van der Waals surface area contributed by atoms with E-state index < -0.39 is 36.2 Å². The van der Waals surface area contributed by atoms with E-state index in [1.54, 1.807) is 33.8 Å². The molecular formula is C26H34N2O6. The molecule has 1 N–H and O–H groups in total. The van der Waals surface area contributed by atoms with Gasteiger partial charge in [-0.1, -0.05) is 48.5 Å². The summed E-state index contributed by atoms with van der Waals surface area (Å²) in [5, 5.41) is 9.50. The predicted octanol–water partition coefficient (Wildman–Crippen LogP) is 3.98. The molecule has 1 atom stereocenters. The lowest BCUT2D eigenvalue weighted by Gasteiger charge is -2.35. The van der Waals surface area contributed by atoms with Gasteiger partial charge in [0.1, 0.15) is 23.9 Å². The zero-order chi connectivity index (χ0) is 25.3. The number of methoxy groups -OCH3 is 1. The molecule has 0 radical (unpaired) electrons. The van der Waals surface area contributed by atoms with Gasteiger partial charge in [0.05, 0.1) is 7.11 Å². The van der Waals surface area contributed by atoms with Crippen LogP contribution in [-0.4, -0.2) is 64.7 Å². The van der Waals surface area contributed by atoms with Gasteiger partial charge in [0.15, 0.2) is 0 Å². The maximum atomic E-state index is 13.8. The Morgan fingerprint density at radius 1 is 1.00 bits per heavy atom. The van der Waals surface area contributed by atoms with Gasteiger partial charge in [-0.2, -0.15) is 0 Å². The van der Waals surface area contributed by atoms with Gasteiger partial charge in [-0.25, -0.2) is 4.79 Å². The number of benzene rings is 2. The number of hydrogen-bond donors (Lipinski definition) is 1. The molecular weight excluding hydrogens is 436 g/mol. The highest BCUT2D eigenvalue weighted by atomic mass is 16.6. The average molecular weight is 471 g/mol. The second kappa shape index (κ2) is 12.1. The Balaban J connectivity index is 2.48. The molecule has 2 aromatic carbocycles. The first-order valence-corrected chi connectivity index (χ1v) is 11.2. The van der Waals surface area contributed by atoms with E-state index in [4.69, 9.17) is 9.47 Å². The van der Waals surface area contributed by atoms with Crippen LogP contribution >= 0.6 is 0 Å². The van der Waals surface area contributed by atoms with Crippen molar-refractivity contribution in [2.75, 3.05) is 20.2 Å². The van der Waals surface area contributed by atoms with E-state index in [-0.39, 0.29) is 19.5 Å². The Bertz CT molecular complexity index is 971. The van der Waals surface area contributed by atoms with E-state index in [0.29, 0.717) is 5.75 Å². The van der Waals surface area contributed by atoms with Crippen molar-refractivity contribution in [3.8, 4) is 5.75 Å². The monoisotopic (exact) mass is 470 g/mol. The molecule has 0 heterocycles. The van der Waals surface area contributed by atoms with Crippen LogP contribution in [0.25, 0.3) is 0 Å². The van der Waals surface area contributed by atoms with Crippen LogP contribution in [0.1, 0.15) is 38.8 Å². The fraction of sp³-hybridized carbons (Fsp3) is 0.423. The lowest BCUT2D eigenvalue weighted by Crippen LogP contribution is -2.53. The quantitative estimate of drug-likeness (QED) is 0.564. The summed E-state index contributed by atoms with van der Waals surface area (Å²) in [5.41, 5.74) is 0.752. The smallest absolute Gasteiger partial charge is 0.410 e. The van der Waals surface area contributed by atoms with Crippen molar-refractivity contribution in [3.05, 3.63) is 65.7 Å². The second-order valence-corrected chi connectivity index (χ2v) is 8.87. The summed E-state index contributed by atoms with van der Waals surface area (Å²) in [4.78, 5) is 41.1. The maximum absolute atomic E-state index is 13.8. The topological polar surface area (TPSA) is 96.4 Å². The number of carboxylic acid groups (broad SMARTS) is 1. The van der Waals surface area contributed by atoms with Crippen LogP contribution < -0.4 is 4.74 Å². The molecule has 34 heavy (non-hydrogen) atoms. The molecule has 8 nitrogen and oxygen atoms in total. The highest BCUT2D eigenvalue weighted by Crippen LogP contribution is 2.23. The van der Waals surface area contributed by atoms with Gasteiger partial charge in [-0.05, 0) is 44.9 Å². The minimum Gasteiger partial charge on any atom is -0.496 e. The number of hydrogen-bond acceptors (Lipinski definition) is 5. The minimum atomic E-state index is -1.14. The van der Waals surface area contributed by atoms with Crippen LogP contribution in [-0.2, 0) is 27.3 Å². The van der Waals surface area contributed by atoms with E-state index in [1.165, 1.54) is 16.9 Å². The lowest BCUT2D eigenvalue weighted by molar-refractivity contribution is -0.147. The zero-order valence-electron chi connectivity index (χ0n) is 20.5. The van der Waals surface area contributed by atoms with Crippen LogP contribution in [0.4, 0.5) is 4.79 Å². The molecule has 0 fully saturated rings. The van der Waals surface area contributed by atoms with Gasteiger partial charge < -0.3 is 19.5 Å². The Morgan fingerprint density at radius 3 is 2.18 bits per heavy atom. The standard InChI is InChI=1S/C26H34N2O6/c1-6-28(25(32)34-26(2,3)4)21(16-20-14-10-11-15-22(20)33-5)24(31)27(18-23(29)30)17-19-12-8-7-9-13-19/h7-15,21H,6,16-18H2,1-5H3,(H,29,30)/t21-/m0/s1. The molecule has 0 aliphatic rings. The van der Waals surface area contributed by atoms with Crippen molar-refractivity contribution in [2.45, 2.75) is 52.3 Å². The fourth-order valence-corrected chi connectivity index (χ4v) is 3.60. The van der Waals surface area contributed by atoms with Crippen molar-refractivity contribution in [1.29, 1.82) is 0 Å². The normalized spacial score (nSPS) is 11.9. The third-order valence-electron chi connectivity index (χ3n) is 5.09. The molecule has 2 amide bonds. The lowest BCUT2D eigenvalue weighted by atomic mass is 10.0. The largest absolute Gasteiger partial charge is 0.496 e. The first-order valence-electron chi connectivity index (χ1n) is 11.2. The second-order valence-electron chi connectivity index (χ2n) is 8.87. The Morgan fingerprint density at radius 2 is 1.62 bits per heavy atom. The summed E-state index contributed by atoms with van der Waals surface area (Å²) in [6.45, 7) is 6.81. The average Bonchev–Trinajstić information content (AvgIpc) is 2.77. The predicted molar refractivity (Wildman–Crippen MR) is 129 cm³/mol. The van der Waals surface area contributed by atoms with E-state index in [0.717, 1.165) is 11.1 Å². The molecule has 0 bridgehead atoms. The van der Waals surface area contributed by atoms with Crippen molar-refractivity contribution in [3.63, 3.8) is 0 Å². The van der Waals surface area contributed by atoms with Gasteiger partial charge in [0.2, 0.25) is 5.91 Å².